The van der Waals surface area contributed by atoms with Crippen LogP contribution in [0, 0.1) is 0 Å². The van der Waals surface area contributed by atoms with Crippen LogP contribution >= 0.6 is 23.5 Å². The number of nitrogens with zero attached hydrogens (tertiary/aromatic N) is 1. The van der Waals surface area contributed by atoms with Gasteiger partial charge in [-0.1, -0.05) is 6.08 Å². The Morgan fingerprint density at radius 1 is 1.39 bits per heavy atom. The van der Waals surface area contributed by atoms with Crippen molar-refractivity contribution in [1.82, 2.24) is 10.6 Å². The van der Waals surface area contributed by atoms with E-state index in [9.17, 15) is 0 Å². The molecule has 0 amide bonds. The first-order valence-corrected chi connectivity index (χ1v) is 8.69. The third-order valence-electron chi connectivity index (χ3n) is 2.29. The maximum atomic E-state index is 4.62. The molecule has 0 spiro atoms. The molecule has 0 saturated carbocycles. The van der Waals surface area contributed by atoms with Crippen molar-refractivity contribution in [2.24, 2.45) is 4.99 Å². The molecule has 0 aromatic rings. The van der Waals surface area contributed by atoms with Crippen molar-refractivity contribution < 1.29 is 0 Å². The molecule has 0 unspecified atom stereocenters. The Hall–Kier alpha value is -0.290. The van der Waals surface area contributed by atoms with E-state index >= 15 is 0 Å². The average molecular weight is 290 g/mol. The number of aliphatic imine (C=N–C) groups is 1. The molecule has 0 saturated heterocycles. The lowest BCUT2D eigenvalue weighted by atomic mass is 10.2. The third-order valence-corrected chi connectivity index (χ3v) is 4.49. The summed E-state index contributed by atoms with van der Waals surface area (Å²) in [6, 6.07) is 0. The van der Waals surface area contributed by atoms with Crippen LogP contribution < -0.4 is 10.6 Å². The summed E-state index contributed by atoms with van der Waals surface area (Å²) in [7, 11) is 0. The van der Waals surface area contributed by atoms with E-state index in [4.69, 9.17) is 0 Å². The normalized spacial score (nSPS) is 12.3. The Morgan fingerprint density at radius 3 is 2.67 bits per heavy atom. The molecule has 2 N–H and O–H groups in total. The first-order valence-electron chi connectivity index (χ1n) is 6.31. The SMILES string of the molecule is C=CCSCCNC(=NCC(C)(C)SC)NCC. The van der Waals surface area contributed by atoms with Gasteiger partial charge < -0.3 is 10.6 Å². The highest BCUT2D eigenvalue weighted by molar-refractivity contribution is 8.00. The van der Waals surface area contributed by atoms with E-state index in [1.165, 1.54) is 0 Å². The van der Waals surface area contributed by atoms with Crippen LogP contribution in [0.3, 0.4) is 0 Å². The summed E-state index contributed by atoms with van der Waals surface area (Å²) in [5.41, 5.74) is 0. The standard InChI is InChI=1S/C13H27N3S2/c1-6-9-18-10-8-15-12(14-7-2)16-11-13(3,4)17-5/h6H,1,7-11H2,2-5H3,(H2,14,15,16). The fourth-order valence-corrected chi connectivity index (χ4v) is 1.86. The quantitative estimate of drug-likeness (QED) is 0.296. The number of rotatable bonds is 9. The molecule has 0 radical (unpaired) electrons. The van der Waals surface area contributed by atoms with Gasteiger partial charge in [-0.3, -0.25) is 4.99 Å². The number of hydrogen-bond acceptors (Lipinski definition) is 3. The van der Waals surface area contributed by atoms with Crippen LogP contribution in [0.1, 0.15) is 20.8 Å². The summed E-state index contributed by atoms with van der Waals surface area (Å²) < 4.78 is 0.194. The second-order valence-corrected chi connectivity index (χ2v) is 7.11. The molecule has 3 nitrogen and oxygen atoms in total. The molecule has 0 aromatic carbocycles. The van der Waals surface area contributed by atoms with Crippen molar-refractivity contribution in [3.8, 4) is 0 Å². The Morgan fingerprint density at radius 2 is 2.11 bits per heavy atom. The largest absolute Gasteiger partial charge is 0.357 e. The second kappa shape index (κ2) is 10.6. The van der Waals surface area contributed by atoms with E-state index in [1.807, 2.05) is 29.6 Å². The molecule has 0 rings (SSSR count). The van der Waals surface area contributed by atoms with Gasteiger partial charge in [-0.25, -0.2) is 0 Å². The van der Waals surface area contributed by atoms with E-state index in [1.54, 1.807) is 0 Å². The van der Waals surface area contributed by atoms with Crippen LogP contribution in [0.5, 0.6) is 0 Å². The van der Waals surface area contributed by atoms with Crippen LogP contribution in [0.2, 0.25) is 0 Å². The summed E-state index contributed by atoms with van der Waals surface area (Å²) in [5, 5.41) is 6.62. The molecule has 18 heavy (non-hydrogen) atoms. The molecular weight excluding hydrogens is 262 g/mol. The third kappa shape index (κ3) is 9.71. The summed E-state index contributed by atoms with van der Waals surface area (Å²) >= 11 is 3.72. The van der Waals surface area contributed by atoms with Gasteiger partial charge in [-0.2, -0.15) is 23.5 Å². The Bertz CT molecular complexity index is 253. The Kier molecular flexibility index (Phi) is 10.4. The summed E-state index contributed by atoms with van der Waals surface area (Å²) in [5.74, 6) is 3.00. The Labute approximate surface area is 121 Å². The minimum absolute atomic E-state index is 0.194. The predicted molar refractivity (Wildman–Crippen MR) is 89.1 cm³/mol. The van der Waals surface area contributed by atoms with Crippen molar-refractivity contribution in [2.45, 2.75) is 25.5 Å². The lowest BCUT2D eigenvalue weighted by Gasteiger charge is -2.20. The fraction of sp³-hybridized carbons (Fsp3) is 0.769. The summed E-state index contributed by atoms with van der Waals surface area (Å²) in [6.07, 6.45) is 4.06. The molecule has 0 aliphatic carbocycles. The van der Waals surface area contributed by atoms with Crippen LogP contribution in [-0.2, 0) is 0 Å². The molecule has 106 valence electrons. The molecule has 0 heterocycles. The van der Waals surface area contributed by atoms with Gasteiger partial charge in [0.15, 0.2) is 5.96 Å². The number of nitrogens with one attached hydrogen (secondary N) is 2. The second-order valence-electron chi connectivity index (χ2n) is 4.45. The predicted octanol–water partition coefficient (Wildman–Crippen LogP) is 2.60. The van der Waals surface area contributed by atoms with Gasteiger partial charge in [0.1, 0.15) is 0 Å². The molecule has 0 aromatic heterocycles. The van der Waals surface area contributed by atoms with Gasteiger partial charge in [0, 0.05) is 29.3 Å². The zero-order chi connectivity index (χ0) is 13.9. The van der Waals surface area contributed by atoms with Crippen LogP contribution in [0.4, 0.5) is 0 Å². The van der Waals surface area contributed by atoms with E-state index in [-0.39, 0.29) is 4.75 Å². The van der Waals surface area contributed by atoms with Crippen molar-refractivity contribution >= 4 is 29.5 Å². The van der Waals surface area contributed by atoms with E-state index in [0.29, 0.717) is 0 Å². The number of hydrogen-bond donors (Lipinski definition) is 2. The van der Waals surface area contributed by atoms with Crippen LogP contribution in [-0.4, -0.2) is 48.1 Å². The van der Waals surface area contributed by atoms with Crippen molar-refractivity contribution in [2.75, 3.05) is 37.4 Å². The first-order chi connectivity index (χ1) is 8.55. The average Bonchev–Trinajstić information content (AvgIpc) is 2.35. The van der Waals surface area contributed by atoms with E-state index in [2.05, 4.69) is 49.2 Å². The minimum Gasteiger partial charge on any atom is -0.357 e. The lowest BCUT2D eigenvalue weighted by molar-refractivity contribution is 0.714. The van der Waals surface area contributed by atoms with Gasteiger partial charge >= 0.3 is 0 Å². The van der Waals surface area contributed by atoms with Gasteiger partial charge in [-0.15, -0.1) is 6.58 Å². The minimum atomic E-state index is 0.194. The highest BCUT2D eigenvalue weighted by Gasteiger charge is 2.15. The van der Waals surface area contributed by atoms with Crippen molar-refractivity contribution in [3.05, 3.63) is 12.7 Å². The smallest absolute Gasteiger partial charge is 0.191 e. The molecule has 5 heteroatoms. The maximum absolute atomic E-state index is 4.62. The zero-order valence-corrected chi connectivity index (χ0v) is 13.7. The highest BCUT2D eigenvalue weighted by Crippen LogP contribution is 2.20. The molecule has 0 aliphatic rings. The summed E-state index contributed by atoms with van der Waals surface area (Å²) in [6.45, 7) is 12.9. The fourth-order valence-electron chi connectivity index (χ4n) is 1.08. The zero-order valence-electron chi connectivity index (χ0n) is 12.1. The molecule has 0 bridgehead atoms. The van der Waals surface area contributed by atoms with Crippen molar-refractivity contribution in [1.29, 1.82) is 0 Å². The topological polar surface area (TPSA) is 36.4 Å². The Balaban J connectivity index is 4.04. The molecule has 0 atom stereocenters. The monoisotopic (exact) mass is 289 g/mol. The van der Waals surface area contributed by atoms with Gasteiger partial charge in [0.2, 0.25) is 0 Å². The number of thioether (sulfide) groups is 2. The van der Waals surface area contributed by atoms with E-state index < -0.39 is 0 Å². The van der Waals surface area contributed by atoms with Crippen molar-refractivity contribution in [3.63, 3.8) is 0 Å². The lowest BCUT2D eigenvalue weighted by Crippen LogP contribution is -2.39. The molecule has 0 fully saturated rings. The first kappa shape index (κ1) is 17.7. The highest BCUT2D eigenvalue weighted by atomic mass is 32.2. The summed E-state index contributed by atoms with van der Waals surface area (Å²) in [4.78, 5) is 4.62. The van der Waals surface area contributed by atoms with Gasteiger partial charge in [-0.05, 0) is 27.0 Å². The van der Waals surface area contributed by atoms with Crippen LogP contribution in [0.15, 0.2) is 17.6 Å². The van der Waals surface area contributed by atoms with Gasteiger partial charge in [0.05, 0.1) is 6.54 Å². The molecular formula is C13H27N3S2. The van der Waals surface area contributed by atoms with Crippen LogP contribution in [0.25, 0.3) is 0 Å². The molecule has 0 aliphatic heterocycles. The number of guanidine groups is 1. The maximum Gasteiger partial charge on any atom is 0.191 e. The van der Waals surface area contributed by atoms with Gasteiger partial charge in [0.25, 0.3) is 0 Å². The van der Waals surface area contributed by atoms with E-state index in [0.717, 1.165) is 37.1 Å².